The van der Waals surface area contributed by atoms with Crippen LogP contribution in [0.2, 0.25) is 0 Å². The molecule has 0 saturated carbocycles. The van der Waals surface area contributed by atoms with Crippen LogP contribution in [0.4, 0.5) is 11.4 Å². The third-order valence-corrected chi connectivity index (χ3v) is 4.49. The van der Waals surface area contributed by atoms with Crippen molar-refractivity contribution in [3.63, 3.8) is 0 Å². The Kier molecular flexibility index (Phi) is 3.68. The summed E-state index contributed by atoms with van der Waals surface area (Å²) in [5, 5.41) is 0. The van der Waals surface area contributed by atoms with E-state index in [1.54, 1.807) is 30.5 Å². The number of pyridine rings is 1. The van der Waals surface area contributed by atoms with Gasteiger partial charge in [-0.1, -0.05) is 0 Å². The van der Waals surface area contributed by atoms with Gasteiger partial charge in [-0.15, -0.1) is 0 Å². The van der Waals surface area contributed by atoms with Crippen LogP contribution in [0.1, 0.15) is 0 Å². The zero-order valence-electron chi connectivity index (χ0n) is 10.3. The summed E-state index contributed by atoms with van der Waals surface area (Å²) in [4.78, 5) is 4.10. The summed E-state index contributed by atoms with van der Waals surface area (Å²) in [6, 6.07) is 9.56. The number of nitrogens with one attached hydrogen (secondary N) is 1. The minimum absolute atomic E-state index is 0.192. The van der Waals surface area contributed by atoms with Gasteiger partial charge in [-0.2, -0.15) is 0 Å². The quantitative estimate of drug-likeness (QED) is 0.648. The van der Waals surface area contributed by atoms with E-state index in [0.29, 0.717) is 11.4 Å². The normalized spacial score (nSPS) is 11.1. The van der Waals surface area contributed by atoms with Crippen LogP contribution < -0.4 is 15.6 Å². The monoisotopic (exact) mass is 278 g/mol. The molecule has 0 fully saturated rings. The number of benzene rings is 1. The van der Waals surface area contributed by atoms with Crippen LogP contribution >= 0.6 is 0 Å². The zero-order valence-corrected chi connectivity index (χ0v) is 11.1. The predicted octanol–water partition coefficient (Wildman–Crippen LogP) is 1.19. The molecule has 19 heavy (non-hydrogen) atoms. The summed E-state index contributed by atoms with van der Waals surface area (Å²) in [6.07, 6.45) is 3.08. The molecule has 0 spiro atoms. The van der Waals surface area contributed by atoms with Crippen molar-refractivity contribution in [1.82, 2.24) is 4.98 Å². The highest BCUT2D eigenvalue weighted by atomic mass is 32.2. The number of anilines is 2. The second kappa shape index (κ2) is 5.25. The number of hydrogen-bond acceptors (Lipinski definition) is 5. The number of hydrazine groups is 1. The first kappa shape index (κ1) is 13.3. The standard InChI is InChI=1S/C12H14N4O2S/c1-16(11-3-2-8-14-9-11)19(17,18)12-6-4-10(15-13)5-7-12/h2-9,15H,13H2,1H3. The summed E-state index contributed by atoms with van der Waals surface area (Å²) in [7, 11) is -2.10. The van der Waals surface area contributed by atoms with Crippen LogP contribution in [0.15, 0.2) is 53.7 Å². The van der Waals surface area contributed by atoms with Crippen LogP contribution in [-0.4, -0.2) is 20.4 Å². The van der Waals surface area contributed by atoms with Gasteiger partial charge in [0.15, 0.2) is 0 Å². The topological polar surface area (TPSA) is 88.3 Å². The van der Waals surface area contributed by atoms with Crippen molar-refractivity contribution in [3.8, 4) is 0 Å². The molecule has 3 N–H and O–H groups in total. The summed E-state index contributed by atoms with van der Waals surface area (Å²) in [5.41, 5.74) is 3.59. The van der Waals surface area contributed by atoms with E-state index in [0.717, 1.165) is 0 Å². The van der Waals surface area contributed by atoms with Gasteiger partial charge in [0.1, 0.15) is 0 Å². The van der Waals surface area contributed by atoms with Gasteiger partial charge >= 0.3 is 0 Å². The van der Waals surface area contributed by atoms with Crippen molar-refractivity contribution in [2.45, 2.75) is 4.90 Å². The number of nitrogens with zero attached hydrogens (tertiary/aromatic N) is 2. The molecule has 1 aromatic heterocycles. The lowest BCUT2D eigenvalue weighted by atomic mass is 10.3. The van der Waals surface area contributed by atoms with E-state index in [-0.39, 0.29) is 4.90 Å². The second-order valence-corrected chi connectivity index (χ2v) is 5.82. The Balaban J connectivity index is 2.36. The molecular weight excluding hydrogens is 264 g/mol. The van der Waals surface area contributed by atoms with Gasteiger partial charge in [-0.25, -0.2) is 8.42 Å². The number of hydrogen-bond donors (Lipinski definition) is 2. The molecule has 1 aromatic carbocycles. The van der Waals surface area contributed by atoms with Gasteiger partial charge in [0.05, 0.1) is 16.8 Å². The van der Waals surface area contributed by atoms with Crippen LogP contribution in [0.3, 0.4) is 0 Å². The molecule has 7 heteroatoms. The molecule has 0 radical (unpaired) electrons. The molecular formula is C12H14N4O2S. The van der Waals surface area contributed by atoms with Crippen molar-refractivity contribution in [3.05, 3.63) is 48.8 Å². The minimum Gasteiger partial charge on any atom is -0.324 e. The van der Waals surface area contributed by atoms with E-state index in [1.165, 1.54) is 29.7 Å². The highest BCUT2D eigenvalue weighted by molar-refractivity contribution is 7.92. The molecule has 100 valence electrons. The van der Waals surface area contributed by atoms with E-state index >= 15 is 0 Å². The fourth-order valence-corrected chi connectivity index (χ4v) is 2.74. The van der Waals surface area contributed by atoms with E-state index in [9.17, 15) is 8.42 Å². The first-order chi connectivity index (χ1) is 9.05. The smallest absolute Gasteiger partial charge is 0.264 e. The molecule has 1 heterocycles. The van der Waals surface area contributed by atoms with E-state index < -0.39 is 10.0 Å². The molecule has 0 bridgehead atoms. The Hall–Kier alpha value is -2.12. The molecule has 0 amide bonds. The molecule has 0 aliphatic carbocycles. The summed E-state index contributed by atoms with van der Waals surface area (Å²) in [6.45, 7) is 0. The van der Waals surface area contributed by atoms with Gasteiger partial charge in [0, 0.05) is 18.9 Å². The molecule has 0 aliphatic rings. The highest BCUT2D eigenvalue weighted by Gasteiger charge is 2.21. The number of sulfonamides is 1. The van der Waals surface area contributed by atoms with Crippen LogP contribution in [-0.2, 0) is 10.0 Å². The van der Waals surface area contributed by atoms with Gasteiger partial charge < -0.3 is 5.43 Å². The minimum atomic E-state index is -3.59. The van der Waals surface area contributed by atoms with Crippen LogP contribution in [0.5, 0.6) is 0 Å². The maximum absolute atomic E-state index is 12.4. The summed E-state index contributed by atoms with van der Waals surface area (Å²) < 4.78 is 25.9. The molecule has 6 nitrogen and oxygen atoms in total. The zero-order chi connectivity index (χ0) is 13.9. The number of rotatable bonds is 4. The van der Waals surface area contributed by atoms with Crippen molar-refractivity contribution >= 4 is 21.4 Å². The third-order valence-electron chi connectivity index (χ3n) is 2.69. The summed E-state index contributed by atoms with van der Waals surface area (Å²) in [5.74, 6) is 5.24. The van der Waals surface area contributed by atoms with Crippen molar-refractivity contribution in [2.75, 3.05) is 16.8 Å². The SMILES string of the molecule is CN(c1cccnc1)S(=O)(=O)c1ccc(NN)cc1. The highest BCUT2D eigenvalue weighted by Crippen LogP contribution is 2.21. The summed E-state index contributed by atoms with van der Waals surface area (Å²) >= 11 is 0. The lowest BCUT2D eigenvalue weighted by Gasteiger charge is -2.19. The fraction of sp³-hybridized carbons (Fsp3) is 0.0833. The Bertz CT molecular complexity index is 641. The van der Waals surface area contributed by atoms with E-state index in [1.807, 2.05) is 0 Å². The largest absolute Gasteiger partial charge is 0.324 e. The number of aromatic nitrogens is 1. The van der Waals surface area contributed by atoms with Gasteiger partial charge in [0.2, 0.25) is 0 Å². The van der Waals surface area contributed by atoms with Crippen molar-refractivity contribution in [2.24, 2.45) is 5.84 Å². The van der Waals surface area contributed by atoms with E-state index in [2.05, 4.69) is 10.4 Å². The third kappa shape index (κ3) is 2.67. The molecule has 0 saturated heterocycles. The van der Waals surface area contributed by atoms with Crippen molar-refractivity contribution in [1.29, 1.82) is 0 Å². The first-order valence-corrected chi connectivity index (χ1v) is 6.95. The predicted molar refractivity (Wildman–Crippen MR) is 74.1 cm³/mol. The molecule has 0 aliphatic heterocycles. The Morgan fingerprint density at radius 1 is 1.21 bits per heavy atom. The average molecular weight is 278 g/mol. The van der Waals surface area contributed by atoms with E-state index in [4.69, 9.17) is 5.84 Å². The first-order valence-electron chi connectivity index (χ1n) is 5.51. The molecule has 2 rings (SSSR count). The van der Waals surface area contributed by atoms with Crippen LogP contribution in [0, 0.1) is 0 Å². The Labute approximate surface area is 111 Å². The number of nitrogen functional groups attached to an aromatic ring is 1. The molecule has 2 aromatic rings. The second-order valence-electron chi connectivity index (χ2n) is 3.85. The lowest BCUT2D eigenvalue weighted by Crippen LogP contribution is -2.26. The number of nitrogens with two attached hydrogens (primary N) is 1. The molecule has 0 unspecified atom stereocenters. The average Bonchev–Trinajstić information content (AvgIpc) is 2.47. The van der Waals surface area contributed by atoms with Gasteiger partial charge in [0.25, 0.3) is 10.0 Å². The van der Waals surface area contributed by atoms with Gasteiger partial charge in [-0.3, -0.25) is 15.1 Å². The lowest BCUT2D eigenvalue weighted by molar-refractivity contribution is 0.594. The maximum atomic E-state index is 12.4. The Morgan fingerprint density at radius 2 is 1.89 bits per heavy atom. The fourth-order valence-electron chi connectivity index (χ4n) is 1.56. The Morgan fingerprint density at radius 3 is 2.42 bits per heavy atom. The maximum Gasteiger partial charge on any atom is 0.264 e. The van der Waals surface area contributed by atoms with Gasteiger partial charge in [-0.05, 0) is 36.4 Å². The van der Waals surface area contributed by atoms with Crippen LogP contribution in [0.25, 0.3) is 0 Å². The van der Waals surface area contributed by atoms with Crippen molar-refractivity contribution < 1.29 is 8.42 Å². The molecule has 0 atom stereocenters.